The maximum Gasteiger partial charge on any atom is 0.179 e. The number of hydrogen-bond acceptors (Lipinski definition) is 0. The molecule has 2 aromatic heterocycles. The summed E-state index contributed by atoms with van der Waals surface area (Å²) in [5, 5.41) is 9.31. The fourth-order valence-electron chi connectivity index (χ4n) is 9.20. The molecule has 57 heavy (non-hydrogen) atoms. The van der Waals surface area contributed by atoms with E-state index in [0.717, 1.165) is 60.4 Å². The van der Waals surface area contributed by atoms with Crippen LogP contribution in [0.3, 0.4) is 0 Å². The average Bonchev–Trinajstić information content (AvgIpc) is 3.84. The first-order valence-electron chi connectivity index (χ1n) is 21.8. The first-order chi connectivity index (χ1) is 30.4. The van der Waals surface area contributed by atoms with E-state index in [0.29, 0.717) is 0 Å². The summed E-state index contributed by atoms with van der Waals surface area (Å²) >= 11 is 0. The van der Waals surface area contributed by atoms with Gasteiger partial charge >= 0.3 is 0 Å². The standard InChI is InChI=1S/C54H38N2Si/c1-6-19-39(20-7-1)46-30-18-32-52-54(46)49-37-41(33-36-51(49)55(52)40-21-8-2-9-22-40)56-50-31-17-16-29-47(50)48-35-34-45(38-53(48)56)57(42-23-10-3-11-24-42,43-25-12-4-13-26-43)44-27-14-5-15-28-44/h1-38H/i2D,8D,9D,21D,22D. The lowest BCUT2D eigenvalue weighted by molar-refractivity contribution is 1.17. The van der Waals surface area contributed by atoms with E-state index in [1.54, 1.807) is 0 Å². The van der Waals surface area contributed by atoms with Crippen molar-refractivity contribution in [1.29, 1.82) is 0 Å². The van der Waals surface area contributed by atoms with E-state index in [4.69, 9.17) is 6.85 Å². The topological polar surface area (TPSA) is 9.86 Å². The van der Waals surface area contributed by atoms with Gasteiger partial charge in [0, 0.05) is 32.9 Å². The zero-order valence-corrected chi connectivity index (χ0v) is 31.9. The third-order valence-corrected chi connectivity index (χ3v) is 16.3. The highest BCUT2D eigenvalue weighted by molar-refractivity contribution is 7.20. The molecule has 0 atom stereocenters. The molecule has 11 aromatic rings. The van der Waals surface area contributed by atoms with Crippen molar-refractivity contribution in [3.63, 3.8) is 0 Å². The van der Waals surface area contributed by atoms with Gasteiger partial charge in [-0.2, -0.15) is 0 Å². The fourth-order valence-corrected chi connectivity index (χ4v) is 14.0. The molecule has 11 rings (SSSR count). The van der Waals surface area contributed by atoms with Gasteiger partial charge in [-0.1, -0.05) is 182 Å². The van der Waals surface area contributed by atoms with E-state index in [2.05, 4.69) is 168 Å². The molecule has 9 aromatic carbocycles. The second kappa shape index (κ2) is 13.5. The van der Waals surface area contributed by atoms with E-state index in [1.165, 1.54) is 20.7 Å². The predicted octanol–water partition coefficient (Wildman–Crippen LogP) is 10.9. The molecule has 0 aliphatic heterocycles. The van der Waals surface area contributed by atoms with Crippen LogP contribution in [0, 0.1) is 0 Å². The number of aromatic nitrogens is 2. The number of fused-ring (bicyclic) bond motifs is 6. The van der Waals surface area contributed by atoms with Gasteiger partial charge in [-0.15, -0.1) is 0 Å². The van der Waals surface area contributed by atoms with E-state index >= 15 is 0 Å². The van der Waals surface area contributed by atoms with Crippen LogP contribution < -0.4 is 20.7 Å². The van der Waals surface area contributed by atoms with Gasteiger partial charge < -0.3 is 9.13 Å². The molecule has 0 N–H and O–H groups in total. The van der Waals surface area contributed by atoms with E-state index in [9.17, 15) is 0 Å². The Balaban J connectivity index is 1.25. The Morgan fingerprint density at radius 1 is 0.351 bits per heavy atom. The molecule has 2 heterocycles. The SMILES string of the molecule is [2H]c1c([2H])c([2H])c(-n2c3ccc(-n4c5ccccc5c5ccc([Si](c6ccccc6)(c6ccccc6)c6ccccc6)cc54)cc3c3c(-c4ccccc4)cccc32)c([2H])c1[2H]. The van der Waals surface area contributed by atoms with Crippen molar-refractivity contribution in [2.45, 2.75) is 0 Å². The van der Waals surface area contributed by atoms with Crippen LogP contribution in [0.4, 0.5) is 0 Å². The average molecular weight is 748 g/mol. The number of rotatable bonds is 7. The summed E-state index contributed by atoms with van der Waals surface area (Å²) in [6.45, 7) is 0. The summed E-state index contributed by atoms with van der Waals surface area (Å²) in [6.07, 6.45) is 0. The Bertz CT molecular complexity index is 3390. The van der Waals surface area contributed by atoms with Crippen molar-refractivity contribution >= 4 is 72.4 Å². The van der Waals surface area contributed by atoms with Crippen molar-refractivity contribution in [2.75, 3.05) is 0 Å². The molecule has 0 fully saturated rings. The first-order valence-corrected chi connectivity index (χ1v) is 21.3. The minimum Gasteiger partial charge on any atom is -0.309 e. The van der Waals surface area contributed by atoms with Gasteiger partial charge in [0.25, 0.3) is 0 Å². The molecule has 3 heteroatoms. The quantitative estimate of drug-likeness (QED) is 0.114. The van der Waals surface area contributed by atoms with Crippen LogP contribution >= 0.6 is 0 Å². The monoisotopic (exact) mass is 747 g/mol. The first kappa shape index (κ1) is 28.2. The summed E-state index contributed by atoms with van der Waals surface area (Å²) in [5.74, 6) is 0. The molecule has 0 aliphatic carbocycles. The second-order valence-electron chi connectivity index (χ2n) is 14.5. The molecule has 0 spiro atoms. The van der Waals surface area contributed by atoms with Gasteiger partial charge in [-0.3, -0.25) is 0 Å². The van der Waals surface area contributed by atoms with Crippen LogP contribution in [0.25, 0.3) is 66.1 Å². The van der Waals surface area contributed by atoms with Crippen LogP contribution in [0.2, 0.25) is 0 Å². The highest BCUT2D eigenvalue weighted by atomic mass is 28.3. The van der Waals surface area contributed by atoms with Gasteiger partial charge in [0.05, 0.1) is 28.9 Å². The van der Waals surface area contributed by atoms with Gasteiger partial charge in [0.1, 0.15) is 0 Å². The zero-order chi connectivity index (χ0) is 42.1. The molecule has 0 bridgehead atoms. The molecule has 0 saturated carbocycles. The maximum absolute atomic E-state index is 9.08. The molecule has 2 nitrogen and oxygen atoms in total. The lowest BCUT2D eigenvalue weighted by Gasteiger charge is -2.34. The second-order valence-corrected chi connectivity index (χ2v) is 18.3. The Morgan fingerprint density at radius 3 is 1.56 bits per heavy atom. The highest BCUT2D eigenvalue weighted by Crippen LogP contribution is 2.40. The Kier molecular flexibility index (Phi) is 6.70. The summed E-state index contributed by atoms with van der Waals surface area (Å²) < 4.78 is 48.0. The summed E-state index contributed by atoms with van der Waals surface area (Å²) in [6, 6.07) is 69.5. The van der Waals surface area contributed by atoms with E-state index in [-0.39, 0.29) is 29.9 Å². The summed E-state index contributed by atoms with van der Waals surface area (Å²) in [7, 11) is -2.87. The van der Waals surface area contributed by atoms with Crippen LogP contribution in [0.1, 0.15) is 6.85 Å². The van der Waals surface area contributed by atoms with Gasteiger partial charge in [-0.25, -0.2) is 0 Å². The maximum atomic E-state index is 9.08. The minimum atomic E-state index is -2.87. The zero-order valence-electron chi connectivity index (χ0n) is 35.9. The van der Waals surface area contributed by atoms with Crippen LogP contribution in [0.5, 0.6) is 0 Å². The molecule has 0 unspecified atom stereocenters. The summed E-state index contributed by atoms with van der Waals surface area (Å²) in [5.41, 5.74) is 6.75. The molecule has 0 amide bonds. The third-order valence-electron chi connectivity index (χ3n) is 11.6. The highest BCUT2D eigenvalue weighted by Gasteiger charge is 2.41. The van der Waals surface area contributed by atoms with Crippen LogP contribution in [0.15, 0.2) is 230 Å². The van der Waals surface area contributed by atoms with Gasteiger partial charge in [-0.05, 0) is 80.4 Å². The molecule has 0 aliphatic rings. The minimum absolute atomic E-state index is 0.125. The largest absolute Gasteiger partial charge is 0.309 e. The predicted molar refractivity (Wildman–Crippen MR) is 244 cm³/mol. The number of hydrogen-bond donors (Lipinski definition) is 0. The Morgan fingerprint density at radius 2 is 0.895 bits per heavy atom. The number of para-hydroxylation sites is 2. The smallest absolute Gasteiger partial charge is 0.179 e. The van der Waals surface area contributed by atoms with Gasteiger partial charge in [0.2, 0.25) is 0 Å². The van der Waals surface area contributed by atoms with E-state index < -0.39 is 14.1 Å². The fraction of sp³-hybridized carbons (Fsp3) is 0. The summed E-state index contributed by atoms with van der Waals surface area (Å²) in [4.78, 5) is 0. The lowest BCUT2D eigenvalue weighted by Crippen LogP contribution is -2.74. The molecular formula is C54H38N2Si. The van der Waals surface area contributed by atoms with Crippen molar-refractivity contribution in [3.8, 4) is 22.5 Å². The van der Waals surface area contributed by atoms with E-state index in [1.807, 2.05) is 41.0 Å². The molecular weight excluding hydrogens is 705 g/mol. The number of nitrogens with zero attached hydrogens (tertiary/aromatic N) is 2. The van der Waals surface area contributed by atoms with Crippen LogP contribution in [-0.2, 0) is 0 Å². The Labute approximate surface area is 340 Å². The van der Waals surface area contributed by atoms with Crippen molar-refractivity contribution < 1.29 is 6.85 Å². The van der Waals surface area contributed by atoms with Crippen molar-refractivity contribution in [1.82, 2.24) is 9.13 Å². The lowest BCUT2D eigenvalue weighted by atomic mass is 9.99. The van der Waals surface area contributed by atoms with Crippen molar-refractivity contribution in [2.24, 2.45) is 0 Å². The third kappa shape index (κ3) is 5.17. The number of benzene rings is 9. The molecule has 268 valence electrons. The molecule has 0 saturated heterocycles. The van der Waals surface area contributed by atoms with Crippen LogP contribution in [-0.4, -0.2) is 17.2 Å². The molecule has 0 radical (unpaired) electrons. The van der Waals surface area contributed by atoms with Gasteiger partial charge in [0.15, 0.2) is 8.07 Å². The normalized spacial score (nSPS) is 13.1. The van der Waals surface area contributed by atoms with Crippen molar-refractivity contribution in [3.05, 3.63) is 230 Å². The Hall–Kier alpha value is -7.20.